The summed E-state index contributed by atoms with van der Waals surface area (Å²) in [6.07, 6.45) is 4.84. The fourth-order valence-corrected chi connectivity index (χ4v) is 1.92. The van der Waals surface area contributed by atoms with Crippen LogP contribution < -0.4 is 0 Å². The van der Waals surface area contributed by atoms with Gasteiger partial charge in [0.1, 0.15) is 0 Å². The van der Waals surface area contributed by atoms with Crippen LogP contribution in [0.5, 0.6) is 0 Å². The maximum Gasteiger partial charge on any atom is 0.0882 e. The minimum atomic E-state index is -0.593. The third kappa shape index (κ3) is 3.56. The van der Waals surface area contributed by atoms with Gasteiger partial charge in [0, 0.05) is 13.7 Å². The van der Waals surface area contributed by atoms with Crippen molar-refractivity contribution in [3.63, 3.8) is 0 Å². The van der Waals surface area contributed by atoms with E-state index in [1.807, 2.05) is 0 Å². The Morgan fingerprint density at radius 1 is 1.36 bits per heavy atom. The van der Waals surface area contributed by atoms with E-state index in [9.17, 15) is 5.11 Å². The maximum atomic E-state index is 10.1. The highest BCUT2D eigenvalue weighted by Gasteiger charge is 2.33. The van der Waals surface area contributed by atoms with E-state index in [2.05, 4.69) is 6.92 Å². The van der Waals surface area contributed by atoms with E-state index in [1.54, 1.807) is 7.11 Å². The van der Waals surface area contributed by atoms with Crippen LogP contribution in [0.2, 0.25) is 0 Å². The van der Waals surface area contributed by atoms with Crippen LogP contribution >= 0.6 is 0 Å². The minimum Gasteiger partial charge on any atom is -0.387 e. The van der Waals surface area contributed by atoms with Gasteiger partial charge >= 0.3 is 0 Å². The van der Waals surface area contributed by atoms with E-state index >= 15 is 0 Å². The summed E-state index contributed by atoms with van der Waals surface area (Å²) in [5.41, 5.74) is -0.593. The van der Waals surface area contributed by atoms with E-state index in [-0.39, 0.29) is 0 Å². The SMILES string of the molecule is CCCOCC1(O)CCC(OC)CC1. The smallest absolute Gasteiger partial charge is 0.0882 e. The van der Waals surface area contributed by atoms with Crippen molar-refractivity contribution in [2.24, 2.45) is 0 Å². The molecule has 0 aromatic rings. The number of methoxy groups -OCH3 is 1. The first-order valence-corrected chi connectivity index (χ1v) is 5.53. The average Bonchev–Trinajstić information content (AvgIpc) is 2.19. The van der Waals surface area contributed by atoms with Gasteiger partial charge in [-0.2, -0.15) is 0 Å². The summed E-state index contributed by atoms with van der Waals surface area (Å²) < 4.78 is 10.7. The predicted molar refractivity (Wildman–Crippen MR) is 55.3 cm³/mol. The Morgan fingerprint density at radius 3 is 2.50 bits per heavy atom. The summed E-state index contributed by atoms with van der Waals surface area (Å²) in [6, 6.07) is 0. The van der Waals surface area contributed by atoms with Crippen LogP contribution in [-0.2, 0) is 9.47 Å². The topological polar surface area (TPSA) is 38.7 Å². The highest BCUT2D eigenvalue weighted by Crippen LogP contribution is 2.29. The molecule has 0 amide bonds. The summed E-state index contributed by atoms with van der Waals surface area (Å²) >= 11 is 0. The van der Waals surface area contributed by atoms with Crippen molar-refractivity contribution in [1.82, 2.24) is 0 Å². The Hall–Kier alpha value is -0.120. The largest absolute Gasteiger partial charge is 0.387 e. The Bertz CT molecular complexity index is 145. The first kappa shape index (κ1) is 12.0. The van der Waals surface area contributed by atoms with Gasteiger partial charge in [-0.15, -0.1) is 0 Å². The van der Waals surface area contributed by atoms with E-state index in [0.717, 1.165) is 38.7 Å². The van der Waals surface area contributed by atoms with E-state index < -0.39 is 5.60 Å². The van der Waals surface area contributed by atoms with Gasteiger partial charge in [0.2, 0.25) is 0 Å². The zero-order valence-electron chi connectivity index (χ0n) is 9.29. The molecule has 0 aliphatic heterocycles. The summed E-state index contributed by atoms with van der Waals surface area (Å²) in [7, 11) is 1.74. The van der Waals surface area contributed by atoms with E-state index in [0.29, 0.717) is 12.7 Å². The molecule has 14 heavy (non-hydrogen) atoms. The molecule has 1 N–H and O–H groups in total. The third-order valence-electron chi connectivity index (χ3n) is 2.92. The minimum absolute atomic E-state index is 0.335. The van der Waals surface area contributed by atoms with Gasteiger partial charge < -0.3 is 14.6 Å². The molecule has 1 aliphatic rings. The van der Waals surface area contributed by atoms with Gasteiger partial charge in [-0.25, -0.2) is 0 Å². The zero-order valence-corrected chi connectivity index (χ0v) is 9.29. The first-order valence-electron chi connectivity index (χ1n) is 5.53. The molecule has 3 nitrogen and oxygen atoms in total. The highest BCUT2D eigenvalue weighted by molar-refractivity contribution is 4.85. The fourth-order valence-electron chi connectivity index (χ4n) is 1.92. The second-order valence-electron chi connectivity index (χ2n) is 4.21. The normalized spacial score (nSPS) is 33.2. The van der Waals surface area contributed by atoms with Crippen LogP contribution in [0.1, 0.15) is 39.0 Å². The lowest BCUT2D eigenvalue weighted by Crippen LogP contribution is -2.40. The van der Waals surface area contributed by atoms with Gasteiger partial charge in [-0.05, 0) is 32.1 Å². The van der Waals surface area contributed by atoms with Crippen LogP contribution in [0.15, 0.2) is 0 Å². The Kier molecular flexibility index (Phi) is 4.85. The Balaban J connectivity index is 2.23. The second kappa shape index (κ2) is 5.69. The van der Waals surface area contributed by atoms with Crippen LogP contribution in [0.4, 0.5) is 0 Å². The molecule has 1 fully saturated rings. The average molecular weight is 202 g/mol. The number of hydrogen-bond donors (Lipinski definition) is 1. The molecule has 0 saturated heterocycles. The molecule has 1 rings (SSSR count). The Labute approximate surface area is 86.4 Å². The summed E-state index contributed by atoms with van der Waals surface area (Å²) in [6.45, 7) is 3.30. The molecule has 3 heteroatoms. The summed E-state index contributed by atoms with van der Waals surface area (Å²) in [4.78, 5) is 0. The summed E-state index contributed by atoms with van der Waals surface area (Å²) in [5, 5.41) is 10.1. The molecule has 0 bridgehead atoms. The van der Waals surface area contributed by atoms with Crippen LogP contribution in [0, 0.1) is 0 Å². The number of aliphatic hydroxyl groups is 1. The molecule has 1 aliphatic carbocycles. The lowest BCUT2D eigenvalue weighted by molar-refractivity contribution is -0.0911. The van der Waals surface area contributed by atoms with Crippen LogP contribution in [-0.4, -0.2) is 37.1 Å². The molecule has 1 saturated carbocycles. The molecule has 0 unspecified atom stereocenters. The van der Waals surface area contributed by atoms with E-state index in [4.69, 9.17) is 9.47 Å². The maximum absolute atomic E-state index is 10.1. The lowest BCUT2D eigenvalue weighted by atomic mass is 9.84. The Morgan fingerprint density at radius 2 is 2.00 bits per heavy atom. The first-order chi connectivity index (χ1) is 6.70. The predicted octanol–water partition coefficient (Wildman–Crippen LogP) is 1.73. The van der Waals surface area contributed by atoms with Crippen molar-refractivity contribution in [2.75, 3.05) is 20.3 Å². The quantitative estimate of drug-likeness (QED) is 0.690. The number of hydrogen-bond acceptors (Lipinski definition) is 3. The van der Waals surface area contributed by atoms with Crippen molar-refractivity contribution < 1.29 is 14.6 Å². The van der Waals surface area contributed by atoms with Crippen molar-refractivity contribution in [2.45, 2.75) is 50.7 Å². The molecule has 0 spiro atoms. The van der Waals surface area contributed by atoms with Crippen LogP contribution in [0.25, 0.3) is 0 Å². The molecule has 84 valence electrons. The molecule has 0 aromatic carbocycles. The van der Waals surface area contributed by atoms with Gasteiger partial charge in [-0.1, -0.05) is 6.92 Å². The molecule has 0 aromatic heterocycles. The standard InChI is InChI=1S/C11H22O3/c1-3-8-14-9-11(12)6-4-10(13-2)5-7-11/h10,12H,3-9H2,1-2H3. The summed E-state index contributed by atoms with van der Waals surface area (Å²) in [5.74, 6) is 0. The molecular weight excluding hydrogens is 180 g/mol. The molecule has 0 heterocycles. The fraction of sp³-hybridized carbons (Fsp3) is 1.00. The van der Waals surface area contributed by atoms with Crippen LogP contribution in [0.3, 0.4) is 0 Å². The third-order valence-corrected chi connectivity index (χ3v) is 2.92. The van der Waals surface area contributed by atoms with Gasteiger partial charge in [0.05, 0.1) is 18.3 Å². The monoisotopic (exact) mass is 202 g/mol. The number of ether oxygens (including phenoxy) is 2. The van der Waals surface area contributed by atoms with Crippen molar-refractivity contribution in [1.29, 1.82) is 0 Å². The van der Waals surface area contributed by atoms with Gasteiger partial charge in [0.25, 0.3) is 0 Å². The number of rotatable bonds is 5. The van der Waals surface area contributed by atoms with Crippen molar-refractivity contribution in [3.05, 3.63) is 0 Å². The molecule has 0 atom stereocenters. The van der Waals surface area contributed by atoms with Crippen molar-refractivity contribution in [3.8, 4) is 0 Å². The highest BCUT2D eigenvalue weighted by atomic mass is 16.5. The van der Waals surface area contributed by atoms with Gasteiger partial charge in [0.15, 0.2) is 0 Å². The zero-order chi connectivity index (χ0) is 10.4. The molecular formula is C11H22O3. The lowest BCUT2D eigenvalue weighted by Gasteiger charge is -2.35. The van der Waals surface area contributed by atoms with E-state index in [1.165, 1.54) is 0 Å². The second-order valence-corrected chi connectivity index (χ2v) is 4.21. The van der Waals surface area contributed by atoms with Crippen molar-refractivity contribution >= 4 is 0 Å². The van der Waals surface area contributed by atoms with Gasteiger partial charge in [-0.3, -0.25) is 0 Å². The molecule has 0 radical (unpaired) electrons.